The van der Waals surface area contributed by atoms with Crippen molar-refractivity contribution in [3.8, 4) is 0 Å². The SMILES string of the molecule is NC(Cc1cccc(Br)c1)c1ccc(Cl)o1. The Balaban J connectivity index is 2.10. The van der Waals surface area contributed by atoms with Gasteiger partial charge in [0.1, 0.15) is 5.76 Å². The third kappa shape index (κ3) is 2.88. The van der Waals surface area contributed by atoms with Gasteiger partial charge in [-0.05, 0) is 47.9 Å². The molecule has 2 rings (SSSR count). The lowest BCUT2D eigenvalue weighted by Crippen LogP contribution is -2.12. The van der Waals surface area contributed by atoms with Crippen LogP contribution in [0.2, 0.25) is 5.22 Å². The molecule has 84 valence electrons. The van der Waals surface area contributed by atoms with Gasteiger partial charge in [0.15, 0.2) is 5.22 Å². The molecular weight excluding hydrogens is 289 g/mol. The molecule has 16 heavy (non-hydrogen) atoms. The van der Waals surface area contributed by atoms with Crippen LogP contribution in [0.3, 0.4) is 0 Å². The van der Waals surface area contributed by atoms with E-state index in [1.54, 1.807) is 6.07 Å². The van der Waals surface area contributed by atoms with Gasteiger partial charge in [-0.1, -0.05) is 28.1 Å². The van der Waals surface area contributed by atoms with Crippen LogP contribution in [0.15, 0.2) is 45.3 Å². The van der Waals surface area contributed by atoms with Gasteiger partial charge in [0.2, 0.25) is 0 Å². The molecule has 0 aliphatic carbocycles. The summed E-state index contributed by atoms with van der Waals surface area (Å²) in [6.45, 7) is 0. The van der Waals surface area contributed by atoms with Crippen LogP contribution in [-0.4, -0.2) is 0 Å². The number of hydrogen-bond acceptors (Lipinski definition) is 2. The first-order valence-electron chi connectivity index (χ1n) is 4.90. The van der Waals surface area contributed by atoms with Crippen molar-refractivity contribution in [2.24, 2.45) is 5.73 Å². The minimum atomic E-state index is -0.165. The van der Waals surface area contributed by atoms with E-state index in [9.17, 15) is 0 Å². The van der Waals surface area contributed by atoms with Gasteiger partial charge in [0.05, 0.1) is 6.04 Å². The van der Waals surface area contributed by atoms with Crippen LogP contribution in [0.5, 0.6) is 0 Å². The third-order valence-electron chi connectivity index (χ3n) is 2.30. The maximum Gasteiger partial charge on any atom is 0.193 e. The van der Waals surface area contributed by atoms with Crippen LogP contribution < -0.4 is 5.73 Å². The highest BCUT2D eigenvalue weighted by molar-refractivity contribution is 9.10. The number of halogens is 2. The van der Waals surface area contributed by atoms with Crippen LogP contribution >= 0.6 is 27.5 Å². The van der Waals surface area contributed by atoms with Crippen LogP contribution in [0.25, 0.3) is 0 Å². The highest BCUT2D eigenvalue weighted by atomic mass is 79.9. The molecule has 2 nitrogen and oxygen atoms in total. The van der Waals surface area contributed by atoms with Crippen LogP contribution in [0.1, 0.15) is 17.4 Å². The van der Waals surface area contributed by atoms with Gasteiger partial charge in [0.25, 0.3) is 0 Å². The molecule has 0 bridgehead atoms. The second kappa shape index (κ2) is 5.04. The van der Waals surface area contributed by atoms with E-state index < -0.39 is 0 Å². The fraction of sp³-hybridized carbons (Fsp3) is 0.167. The summed E-state index contributed by atoms with van der Waals surface area (Å²) < 4.78 is 6.33. The second-order valence-corrected chi connectivity index (χ2v) is 4.87. The molecule has 1 heterocycles. The maximum absolute atomic E-state index is 6.02. The predicted molar refractivity (Wildman–Crippen MR) is 68.5 cm³/mol. The Morgan fingerprint density at radius 3 is 2.75 bits per heavy atom. The van der Waals surface area contributed by atoms with Gasteiger partial charge in [-0.15, -0.1) is 0 Å². The fourth-order valence-corrected chi connectivity index (χ4v) is 2.14. The summed E-state index contributed by atoms with van der Waals surface area (Å²) in [5.74, 6) is 0.713. The van der Waals surface area contributed by atoms with E-state index in [0.29, 0.717) is 11.0 Å². The zero-order valence-corrected chi connectivity index (χ0v) is 10.8. The first-order chi connectivity index (χ1) is 7.65. The number of hydrogen-bond donors (Lipinski definition) is 1. The first kappa shape index (κ1) is 11.7. The average Bonchev–Trinajstić information content (AvgIpc) is 2.65. The molecule has 0 amide bonds. The topological polar surface area (TPSA) is 39.2 Å². The quantitative estimate of drug-likeness (QED) is 0.932. The van der Waals surface area contributed by atoms with Gasteiger partial charge in [-0.2, -0.15) is 0 Å². The number of benzene rings is 1. The minimum absolute atomic E-state index is 0.165. The van der Waals surface area contributed by atoms with Crippen molar-refractivity contribution >= 4 is 27.5 Å². The van der Waals surface area contributed by atoms with Crippen molar-refractivity contribution in [2.45, 2.75) is 12.5 Å². The van der Waals surface area contributed by atoms with Gasteiger partial charge < -0.3 is 10.2 Å². The van der Waals surface area contributed by atoms with E-state index in [1.807, 2.05) is 30.3 Å². The number of nitrogens with two attached hydrogens (primary N) is 1. The summed E-state index contributed by atoms with van der Waals surface area (Å²) in [6.07, 6.45) is 0.725. The van der Waals surface area contributed by atoms with E-state index in [0.717, 1.165) is 16.5 Å². The first-order valence-corrected chi connectivity index (χ1v) is 6.07. The molecule has 1 unspecified atom stereocenters. The number of rotatable bonds is 3. The lowest BCUT2D eigenvalue weighted by atomic mass is 10.1. The molecule has 0 spiro atoms. The molecule has 2 aromatic rings. The number of furan rings is 1. The van der Waals surface area contributed by atoms with Gasteiger partial charge in [-0.3, -0.25) is 0 Å². The molecule has 4 heteroatoms. The Hall–Kier alpha value is -0.770. The largest absolute Gasteiger partial charge is 0.448 e. The van der Waals surface area contributed by atoms with Crippen LogP contribution in [-0.2, 0) is 6.42 Å². The summed E-state index contributed by atoms with van der Waals surface area (Å²) in [7, 11) is 0. The Bertz CT molecular complexity index is 483. The molecule has 0 aliphatic heterocycles. The van der Waals surface area contributed by atoms with Crippen molar-refractivity contribution in [2.75, 3.05) is 0 Å². The van der Waals surface area contributed by atoms with Crippen molar-refractivity contribution < 1.29 is 4.42 Å². The Morgan fingerprint density at radius 1 is 1.31 bits per heavy atom. The summed E-state index contributed by atoms with van der Waals surface area (Å²) in [5.41, 5.74) is 7.18. The second-order valence-electron chi connectivity index (χ2n) is 3.58. The van der Waals surface area contributed by atoms with Crippen LogP contribution in [0.4, 0.5) is 0 Å². The molecule has 2 N–H and O–H groups in total. The highest BCUT2D eigenvalue weighted by Crippen LogP contribution is 2.22. The van der Waals surface area contributed by atoms with Crippen molar-refractivity contribution in [3.05, 3.63) is 57.4 Å². The zero-order chi connectivity index (χ0) is 11.5. The summed E-state index contributed by atoms with van der Waals surface area (Å²) in [6, 6.07) is 11.4. The van der Waals surface area contributed by atoms with Crippen molar-refractivity contribution in [1.29, 1.82) is 0 Å². The molecule has 0 saturated carbocycles. The molecule has 1 atom stereocenters. The van der Waals surface area contributed by atoms with Crippen molar-refractivity contribution in [1.82, 2.24) is 0 Å². The maximum atomic E-state index is 6.02. The van der Waals surface area contributed by atoms with E-state index >= 15 is 0 Å². The van der Waals surface area contributed by atoms with E-state index in [-0.39, 0.29) is 6.04 Å². The summed E-state index contributed by atoms with van der Waals surface area (Å²) in [4.78, 5) is 0. The van der Waals surface area contributed by atoms with E-state index in [2.05, 4.69) is 15.9 Å². The standard InChI is InChI=1S/C12H11BrClNO/c13-9-3-1-2-8(6-9)7-10(15)11-4-5-12(14)16-11/h1-6,10H,7,15H2. The molecule has 0 fully saturated rings. The van der Waals surface area contributed by atoms with Gasteiger partial charge >= 0.3 is 0 Å². The molecule has 0 radical (unpaired) electrons. The lowest BCUT2D eigenvalue weighted by Gasteiger charge is -2.08. The minimum Gasteiger partial charge on any atom is -0.448 e. The normalized spacial score (nSPS) is 12.7. The lowest BCUT2D eigenvalue weighted by molar-refractivity contribution is 0.466. The Labute approximate surface area is 108 Å². The fourth-order valence-electron chi connectivity index (χ4n) is 1.55. The monoisotopic (exact) mass is 299 g/mol. The van der Waals surface area contributed by atoms with Crippen LogP contribution in [0, 0.1) is 0 Å². The van der Waals surface area contributed by atoms with Gasteiger partial charge in [0, 0.05) is 4.47 Å². The third-order valence-corrected chi connectivity index (χ3v) is 3.00. The highest BCUT2D eigenvalue weighted by Gasteiger charge is 2.11. The van der Waals surface area contributed by atoms with E-state index in [4.69, 9.17) is 21.8 Å². The Morgan fingerprint density at radius 2 is 2.12 bits per heavy atom. The smallest absolute Gasteiger partial charge is 0.193 e. The average molecular weight is 301 g/mol. The molecular formula is C12H11BrClNO. The molecule has 0 saturated heterocycles. The van der Waals surface area contributed by atoms with Crippen molar-refractivity contribution in [3.63, 3.8) is 0 Å². The molecule has 1 aromatic carbocycles. The Kier molecular flexibility index (Phi) is 3.69. The molecule has 1 aromatic heterocycles. The predicted octanol–water partition coefficient (Wildman–Crippen LogP) is 3.94. The summed E-state index contributed by atoms with van der Waals surface area (Å²) in [5, 5.41) is 0.375. The van der Waals surface area contributed by atoms with Gasteiger partial charge in [-0.25, -0.2) is 0 Å². The van der Waals surface area contributed by atoms with E-state index in [1.165, 1.54) is 0 Å². The molecule has 0 aliphatic rings. The zero-order valence-electron chi connectivity index (χ0n) is 8.49. The summed E-state index contributed by atoms with van der Waals surface area (Å²) >= 11 is 9.13.